The van der Waals surface area contributed by atoms with Crippen LogP contribution in [-0.2, 0) is 11.2 Å². The number of nitrogens with two attached hydrogens (primary N) is 1. The largest absolute Gasteiger partial charge is 0.439 e. The topological polar surface area (TPSA) is 127 Å². The van der Waals surface area contributed by atoms with E-state index in [2.05, 4.69) is 23.1 Å². The lowest BCUT2D eigenvalue weighted by Crippen LogP contribution is -2.41. The molecule has 0 aliphatic carbocycles. The number of aliphatic hydroxyl groups is 1. The molecule has 8 heteroatoms. The first-order valence-electron chi connectivity index (χ1n) is 9.17. The number of anilines is 1. The average molecular weight is 424 g/mol. The molecule has 0 aromatic heterocycles. The summed E-state index contributed by atoms with van der Waals surface area (Å²) in [4.78, 5) is 0. The second-order valence-electron chi connectivity index (χ2n) is 6.46. The fourth-order valence-electron chi connectivity index (χ4n) is 2.83. The molecule has 0 spiro atoms. The van der Waals surface area contributed by atoms with E-state index in [1.807, 2.05) is 13.0 Å². The number of nitrogens with one attached hydrogen (secondary N) is 1. The molecular weight excluding hydrogens is 402 g/mol. The van der Waals surface area contributed by atoms with Crippen LogP contribution in [0.2, 0.25) is 5.02 Å². The molecule has 2 atom stereocenters. The van der Waals surface area contributed by atoms with Gasteiger partial charge in [-0.25, -0.2) is 0 Å². The van der Waals surface area contributed by atoms with Crippen molar-refractivity contribution in [3.8, 4) is 12.1 Å². The zero-order valence-electron chi connectivity index (χ0n) is 16.7. The van der Waals surface area contributed by atoms with Gasteiger partial charge in [0.1, 0.15) is 17.9 Å². The number of rotatable bonds is 7. The van der Waals surface area contributed by atoms with Crippen LogP contribution in [0.5, 0.6) is 0 Å². The van der Waals surface area contributed by atoms with Gasteiger partial charge in [-0.2, -0.15) is 10.5 Å². The number of halogens is 1. The lowest BCUT2D eigenvalue weighted by molar-refractivity contribution is 0.185. The molecule has 0 amide bonds. The van der Waals surface area contributed by atoms with Crippen molar-refractivity contribution in [2.45, 2.75) is 32.4 Å². The zero-order valence-corrected chi connectivity index (χ0v) is 17.4. The Balaban J connectivity index is 2.30. The van der Waals surface area contributed by atoms with Gasteiger partial charge in [0.05, 0.1) is 28.3 Å². The molecule has 0 bridgehead atoms. The SMILES string of the molecule is C=C(O/C(=N\N)C(Nc1ccc(C#N)c(Cl)c1CC)[C@H](C)O)c1ccc(C#N)cc1. The van der Waals surface area contributed by atoms with Crippen molar-refractivity contribution in [2.75, 3.05) is 5.32 Å². The Morgan fingerprint density at radius 2 is 1.93 bits per heavy atom. The smallest absolute Gasteiger partial charge is 0.236 e. The number of nitrogens with zero attached hydrogens (tertiary/aromatic N) is 3. The lowest BCUT2D eigenvalue weighted by Gasteiger charge is -2.25. The Morgan fingerprint density at radius 1 is 1.27 bits per heavy atom. The summed E-state index contributed by atoms with van der Waals surface area (Å²) in [5, 5.41) is 35.6. The van der Waals surface area contributed by atoms with E-state index >= 15 is 0 Å². The average Bonchev–Trinajstić information content (AvgIpc) is 2.75. The molecule has 4 N–H and O–H groups in total. The molecule has 1 unspecified atom stereocenters. The van der Waals surface area contributed by atoms with Gasteiger partial charge >= 0.3 is 0 Å². The van der Waals surface area contributed by atoms with E-state index in [9.17, 15) is 10.4 Å². The van der Waals surface area contributed by atoms with E-state index in [0.29, 0.717) is 33.8 Å². The summed E-state index contributed by atoms with van der Waals surface area (Å²) < 4.78 is 5.74. The normalized spacial score (nSPS) is 12.9. The van der Waals surface area contributed by atoms with Crippen LogP contribution in [0.1, 0.15) is 36.1 Å². The van der Waals surface area contributed by atoms with Crippen LogP contribution in [0, 0.1) is 22.7 Å². The maximum Gasteiger partial charge on any atom is 0.236 e. The van der Waals surface area contributed by atoms with E-state index in [0.717, 1.165) is 5.56 Å². The van der Waals surface area contributed by atoms with Crippen LogP contribution in [-0.4, -0.2) is 23.2 Å². The van der Waals surface area contributed by atoms with Gasteiger partial charge in [0.15, 0.2) is 0 Å². The number of hydrogen-bond donors (Lipinski definition) is 3. The van der Waals surface area contributed by atoms with Crippen molar-refractivity contribution >= 4 is 28.9 Å². The molecule has 154 valence electrons. The Hall–Kier alpha value is -3.52. The third-order valence-electron chi connectivity index (χ3n) is 4.47. The van der Waals surface area contributed by atoms with Crippen molar-refractivity contribution in [3.63, 3.8) is 0 Å². The van der Waals surface area contributed by atoms with Gasteiger partial charge in [-0.15, -0.1) is 5.10 Å². The molecule has 0 radical (unpaired) electrons. The summed E-state index contributed by atoms with van der Waals surface area (Å²) in [5.41, 5.74) is 2.86. The van der Waals surface area contributed by atoms with Crippen LogP contribution >= 0.6 is 11.6 Å². The molecule has 0 aliphatic heterocycles. The molecule has 0 fully saturated rings. The highest BCUT2D eigenvalue weighted by Gasteiger charge is 2.26. The van der Waals surface area contributed by atoms with Gasteiger partial charge in [0.2, 0.25) is 5.90 Å². The van der Waals surface area contributed by atoms with E-state index in [4.69, 9.17) is 27.4 Å². The highest BCUT2D eigenvalue weighted by Crippen LogP contribution is 2.29. The number of aliphatic hydroxyl groups excluding tert-OH is 1. The molecule has 2 rings (SSSR count). The highest BCUT2D eigenvalue weighted by atomic mass is 35.5. The summed E-state index contributed by atoms with van der Waals surface area (Å²) in [7, 11) is 0. The third kappa shape index (κ3) is 5.09. The lowest BCUT2D eigenvalue weighted by atomic mass is 10.0. The molecule has 0 saturated heterocycles. The van der Waals surface area contributed by atoms with Gasteiger partial charge in [0.25, 0.3) is 0 Å². The van der Waals surface area contributed by atoms with Crippen LogP contribution in [0.25, 0.3) is 5.76 Å². The van der Waals surface area contributed by atoms with E-state index in [-0.39, 0.29) is 11.7 Å². The fraction of sp³-hybridized carbons (Fsp3) is 0.227. The van der Waals surface area contributed by atoms with Crippen molar-refractivity contribution < 1.29 is 9.84 Å². The fourth-order valence-corrected chi connectivity index (χ4v) is 3.17. The maximum atomic E-state index is 10.3. The molecule has 2 aromatic carbocycles. The van der Waals surface area contributed by atoms with Crippen molar-refractivity contribution in [2.24, 2.45) is 10.9 Å². The van der Waals surface area contributed by atoms with Gasteiger partial charge < -0.3 is 21.0 Å². The molecule has 2 aromatic rings. The summed E-state index contributed by atoms with van der Waals surface area (Å²) in [6, 6.07) is 13.2. The Labute approximate surface area is 180 Å². The summed E-state index contributed by atoms with van der Waals surface area (Å²) in [5.74, 6) is 5.81. The molecule has 30 heavy (non-hydrogen) atoms. The predicted molar refractivity (Wildman–Crippen MR) is 118 cm³/mol. The second kappa shape index (κ2) is 10.3. The second-order valence-corrected chi connectivity index (χ2v) is 6.84. The number of benzene rings is 2. The Bertz CT molecular complexity index is 1030. The van der Waals surface area contributed by atoms with Crippen molar-refractivity contribution in [3.05, 3.63) is 70.3 Å². The third-order valence-corrected chi connectivity index (χ3v) is 4.90. The summed E-state index contributed by atoms with van der Waals surface area (Å²) >= 11 is 6.33. The quantitative estimate of drug-likeness (QED) is 0.204. The Kier molecular flexibility index (Phi) is 7.83. The number of ether oxygens (including phenoxy) is 1. The first-order chi connectivity index (χ1) is 14.4. The monoisotopic (exact) mass is 423 g/mol. The minimum atomic E-state index is -0.930. The zero-order chi connectivity index (χ0) is 22.3. The van der Waals surface area contributed by atoms with E-state index in [1.54, 1.807) is 43.3 Å². The highest BCUT2D eigenvalue weighted by molar-refractivity contribution is 6.33. The van der Waals surface area contributed by atoms with Crippen molar-refractivity contribution in [1.29, 1.82) is 10.5 Å². The van der Waals surface area contributed by atoms with Gasteiger partial charge in [-0.1, -0.05) is 25.1 Å². The minimum Gasteiger partial charge on any atom is -0.439 e. The maximum absolute atomic E-state index is 10.3. The number of nitriles is 2. The first-order valence-corrected chi connectivity index (χ1v) is 9.55. The Morgan fingerprint density at radius 3 is 2.43 bits per heavy atom. The molecule has 7 nitrogen and oxygen atoms in total. The number of hydrazone groups is 1. The van der Waals surface area contributed by atoms with Crippen LogP contribution in [0.4, 0.5) is 5.69 Å². The van der Waals surface area contributed by atoms with Crippen molar-refractivity contribution in [1.82, 2.24) is 0 Å². The van der Waals surface area contributed by atoms with E-state index in [1.165, 1.54) is 0 Å². The van der Waals surface area contributed by atoms with E-state index < -0.39 is 12.1 Å². The van der Waals surface area contributed by atoms with Gasteiger partial charge in [0, 0.05) is 11.3 Å². The van der Waals surface area contributed by atoms with Crippen LogP contribution < -0.4 is 11.2 Å². The molecule has 0 aliphatic rings. The van der Waals surface area contributed by atoms with Gasteiger partial charge in [-0.05, 0) is 55.3 Å². The standard InChI is InChI=1S/C22H22ClN5O2/c1-4-18-19(10-9-17(12-25)20(18)23)27-21(13(2)29)22(28-26)30-14(3)16-7-5-15(11-24)6-8-16/h5-10,13,21,27,29H,3-4,26H2,1-2H3/b28-22-/t13-,21?/m0/s1. The van der Waals surface area contributed by atoms with Crippen LogP contribution in [0.15, 0.2) is 48.1 Å². The number of hydrogen-bond acceptors (Lipinski definition) is 7. The summed E-state index contributed by atoms with van der Waals surface area (Å²) in [6.07, 6.45) is -0.364. The molecule has 0 saturated carbocycles. The van der Waals surface area contributed by atoms with Crippen LogP contribution in [0.3, 0.4) is 0 Å². The minimum absolute atomic E-state index is 0.0156. The van der Waals surface area contributed by atoms with Gasteiger partial charge in [-0.3, -0.25) is 0 Å². The predicted octanol–water partition coefficient (Wildman–Crippen LogP) is 3.77. The first kappa shape index (κ1) is 22.8. The summed E-state index contributed by atoms with van der Waals surface area (Å²) in [6.45, 7) is 7.35. The molecule has 0 heterocycles. The molecular formula is C22H22ClN5O2.